The summed E-state index contributed by atoms with van der Waals surface area (Å²) in [5.41, 5.74) is 2.72. The molecule has 2 heterocycles. The number of hydrogen-bond acceptors (Lipinski definition) is 5. The molecule has 0 aliphatic carbocycles. The fraction of sp³-hybridized carbons (Fsp3) is 0.250. The summed E-state index contributed by atoms with van der Waals surface area (Å²) in [5, 5.41) is 9.29. The summed E-state index contributed by atoms with van der Waals surface area (Å²) < 4.78 is 4.93. The number of aryl methyl sites for hydroxylation is 2. The number of carbonyl (C=O) groups excluding carboxylic acids is 1. The van der Waals surface area contributed by atoms with E-state index in [4.69, 9.17) is 4.52 Å². The number of aromatic nitrogens is 2. The molecular formula is C12H14N4O2. The van der Waals surface area contributed by atoms with Crippen molar-refractivity contribution in [1.29, 1.82) is 0 Å². The summed E-state index contributed by atoms with van der Waals surface area (Å²) in [7, 11) is 1.75. The molecule has 0 unspecified atom stereocenters. The van der Waals surface area contributed by atoms with Gasteiger partial charge in [0.15, 0.2) is 0 Å². The maximum atomic E-state index is 12.0. The summed E-state index contributed by atoms with van der Waals surface area (Å²) >= 11 is 0. The molecule has 0 saturated heterocycles. The average Bonchev–Trinajstić information content (AvgIpc) is 2.74. The van der Waals surface area contributed by atoms with E-state index < -0.39 is 0 Å². The Hall–Kier alpha value is -2.37. The highest BCUT2D eigenvalue weighted by Crippen LogP contribution is 2.17. The Morgan fingerprint density at radius 2 is 2.06 bits per heavy atom. The highest BCUT2D eigenvalue weighted by molar-refractivity contribution is 6.07. The quantitative estimate of drug-likeness (QED) is 0.865. The molecule has 94 valence electrons. The first-order valence-electron chi connectivity index (χ1n) is 5.49. The molecule has 2 aromatic rings. The van der Waals surface area contributed by atoms with Crippen LogP contribution in [0.5, 0.6) is 0 Å². The number of rotatable bonds is 3. The molecule has 2 rings (SSSR count). The molecule has 0 radical (unpaired) electrons. The lowest BCUT2D eigenvalue weighted by Gasteiger charge is -2.08. The highest BCUT2D eigenvalue weighted by atomic mass is 16.5. The normalized spacial score (nSPS) is 10.2. The second kappa shape index (κ2) is 4.87. The Morgan fingerprint density at radius 3 is 2.67 bits per heavy atom. The average molecular weight is 246 g/mol. The zero-order valence-electron chi connectivity index (χ0n) is 10.4. The van der Waals surface area contributed by atoms with Crippen LogP contribution >= 0.6 is 0 Å². The van der Waals surface area contributed by atoms with E-state index in [2.05, 4.69) is 20.8 Å². The van der Waals surface area contributed by atoms with Crippen LogP contribution in [-0.2, 0) is 0 Å². The van der Waals surface area contributed by atoms with E-state index in [0.29, 0.717) is 17.1 Å². The van der Waals surface area contributed by atoms with Gasteiger partial charge in [0.05, 0.1) is 16.9 Å². The van der Waals surface area contributed by atoms with Gasteiger partial charge in [-0.1, -0.05) is 5.16 Å². The van der Waals surface area contributed by atoms with Gasteiger partial charge in [0, 0.05) is 25.0 Å². The molecule has 6 heteroatoms. The van der Waals surface area contributed by atoms with Crippen LogP contribution in [0.15, 0.2) is 22.9 Å². The number of nitrogens with zero attached hydrogens (tertiary/aromatic N) is 2. The molecule has 0 bridgehead atoms. The monoisotopic (exact) mass is 246 g/mol. The molecule has 2 aromatic heterocycles. The van der Waals surface area contributed by atoms with Gasteiger partial charge in [-0.2, -0.15) is 0 Å². The number of carbonyl (C=O) groups is 1. The SMILES string of the molecule is CNc1cc(C)ncc1C(=O)Nc1cc(C)no1. The maximum Gasteiger partial charge on any atom is 0.261 e. The lowest BCUT2D eigenvalue weighted by atomic mass is 10.2. The van der Waals surface area contributed by atoms with Crippen molar-refractivity contribution in [2.75, 3.05) is 17.7 Å². The molecule has 0 saturated carbocycles. The van der Waals surface area contributed by atoms with Crippen LogP contribution in [0.2, 0.25) is 0 Å². The molecule has 6 nitrogen and oxygen atoms in total. The third-order valence-corrected chi connectivity index (χ3v) is 2.42. The number of hydrogen-bond donors (Lipinski definition) is 2. The van der Waals surface area contributed by atoms with Crippen LogP contribution < -0.4 is 10.6 Å². The third-order valence-electron chi connectivity index (χ3n) is 2.42. The largest absolute Gasteiger partial charge is 0.387 e. The van der Waals surface area contributed by atoms with Crippen molar-refractivity contribution in [3.63, 3.8) is 0 Å². The van der Waals surface area contributed by atoms with Gasteiger partial charge in [-0.15, -0.1) is 0 Å². The predicted octanol–water partition coefficient (Wildman–Crippen LogP) is 1.98. The van der Waals surface area contributed by atoms with Crippen LogP contribution in [0, 0.1) is 13.8 Å². The van der Waals surface area contributed by atoms with Crippen LogP contribution in [-0.4, -0.2) is 23.1 Å². The van der Waals surface area contributed by atoms with E-state index in [1.54, 1.807) is 26.1 Å². The Morgan fingerprint density at radius 1 is 1.28 bits per heavy atom. The van der Waals surface area contributed by atoms with E-state index in [1.807, 2.05) is 6.92 Å². The van der Waals surface area contributed by atoms with Crippen molar-refractivity contribution in [1.82, 2.24) is 10.1 Å². The second-order valence-electron chi connectivity index (χ2n) is 3.91. The molecule has 1 amide bonds. The molecule has 2 N–H and O–H groups in total. The van der Waals surface area contributed by atoms with Crippen LogP contribution in [0.4, 0.5) is 11.6 Å². The molecule has 0 aliphatic heterocycles. The van der Waals surface area contributed by atoms with Crippen LogP contribution in [0.3, 0.4) is 0 Å². The van der Waals surface area contributed by atoms with Crippen molar-refractivity contribution < 1.29 is 9.32 Å². The molecule has 0 atom stereocenters. The standard InChI is InChI=1S/C12H14N4O2/c1-7-4-10(13-3)9(6-14-7)12(17)15-11-5-8(2)16-18-11/h4-6H,1-3H3,(H,13,14)(H,15,17). The third kappa shape index (κ3) is 2.48. The smallest absolute Gasteiger partial charge is 0.261 e. The molecule has 0 aromatic carbocycles. The van der Waals surface area contributed by atoms with E-state index in [1.165, 1.54) is 6.20 Å². The number of pyridine rings is 1. The summed E-state index contributed by atoms with van der Waals surface area (Å²) in [6.45, 7) is 3.65. The molecule has 18 heavy (non-hydrogen) atoms. The van der Waals surface area contributed by atoms with Gasteiger partial charge >= 0.3 is 0 Å². The van der Waals surface area contributed by atoms with E-state index in [0.717, 1.165) is 11.4 Å². The predicted molar refractivity (Wildman–Crippen MR) is 67.7 cm³/mol. The maximum absolute atomic E-state index is 12.0. The molecular weight excluding hydrogens is 232 g/mol. The summed E-state index contributed by atoms with van der Waals surface area (Å²) in [6.07, 6.45) is 1.53. The highest BCUT2D eigenvalue weighted by Gasteiger charge is 2.13. The van der Waals surface area contributed by atoms with Crippen molar-refractivity contribution in [3.05, 3.63) is 35.3 Å². The van der Waals surface area contributed by atoms with Gasteiger partial charge in [0.2, 0.25) is 5.88 Å². The number of nitrogens with one attached hydrogen (secondary N) is 2. The van der Waals surface area contributed by atoms with Gasteiger partial charge in [-0.25, -0.2) is 0 Å². The van der Waals surface area contributed by atoms with Gasteiger partial charge in [0.1, 0.15) is 0 Å². The first kappa shape index (κ1) is 12.1. The topological polar surface area (TPSA) is 80.0 Å². The van der Waals surface area contributed by atoms with Gasteiger partial charge in [-0.3, -0.25) is 15.1 Å². The number of amides is 1. The Balaban J connectivity index is 2.23. The Labute approximate surface area is 104 Å². The lowest BCUT2D eigenvalue weighted by Crippen LogP contribution is -2.14. The van der Waals surface area contributed by atoms with E-state index in [-0.39, 0.29) is 5.91 Å². The summed E-state index contributed by atoms with van der Waals surface area (Å²) in [6, 6.07) is 3.46. The van der Waals surface area contributed by atoms with Gasteiger partial charge in [0.25, 0.3) is 5.91 Å². The zero-order valence-corrected chi connectivity index (χ0v) is 10.4. The molecule has 0 fully saturated rings. The van der Waals surface area contributed by atoms with Crippen molar-refractivity contribution in [2.45, 2.75) is 13.8 Å². The second-order valence-corrected chi connectivity index (χ2v) is 3.91. The van der Waals surface area contributed by atoms with Crippen LogP contribution in [0.1, 0.15) is 21.7 Å². The van der Waals surface area contributed by atoms with Crippen molar-refractivity contribution >= 4 is 17.5 Å². The first-order chi connectivity index (χ1) is 8.60. The van der Waals surface area contributed by atoms with E-state index >= 15 is 0 Å². The Kier molecular flexibility index (Phi) is 3.27. The van der Waals surface area contributed by atoms with Gasteiger partial charge < -0.3 is 9.84 Å². The van der Waals surface area contributed by atoms with Gasteiger partial charge in [-0.05, 0) is 19.9 Å². The van der Waals surface area contributed by atoms with E-state index in [9.17, 15) is 4.79 Å². The fourth-order valence-corrected chi connectivity index (χ4v) is 1.55. The minimum absolute atomic E-state index is 0.289. The number of anilines is 2. The summed E-state index contributed by atoms with van der Waals surface area (Å²) in [5.74, 6) is 0.0307. The minimum Gasteiger partial charge on any atom is -0.387 e. The zero-order chi connectivity index (χ0) is 13.1. The van der Waals surface area contributed by atoms with Crippen LogP contribution in [0.25, 0.3) is 0 Å². The Bertz CT molecular complexity index is 577. The van der Waals surface area contributed by atoms with Crippen molar-refractivity contribution in [2.24, 2.45) is 0 Å². The first-order valence-corrected chi connectivity index (χ1v) is 5.49. The fourth-order valence-electron chi connectivity index (χ4n) is 1.55. The minimum atomic E-state index is -0.289. The summed E-state index contributed by atoms with van der Waals surface area (Å²) in [4.78, 5) is 16.1. The molecule has 0 spiro atoms. The van der Waals surface area contributed by atoms with Crippen molar-refractivity contribution in [3.8, 4) is 0 Å². The lowest BCUT2D eigenvalue weighted by molar-refractivity contribution is 0.102. The molecule has 0 aliphatic rings.